The Morgan fingerprint density at radius 2 is 1.74 bits per heavy atom. The van der Waals surface area contributed by atoms with E-state index in [0.717, 1.165) is 10.5 Å². The van der Waals surface area contributed by atoms with Crippen LogP contribution in [0.1, 0.15) is 18.9 Å². The Kier molecular flexibility index (Phi) is 7.05. The van der Waals surface area contributed by atoms with Crippen LogP contribution in [-0.4, -0.2) is 25.2 Å². The van der Waals surface area contributed by atoms with Crippen LogP contribution in [-0.2, 0) is 11.2 Å². The van der Waals surface area contributed by atoms with Crippen molar-refractivity contribution < 1.29 is 22.7 Å². The topological polar surface area (TPSA) is 29.5 Å². The van der Waals surface area contributed by atoms with E-state index in [1.54, 1.807) is 19.1 Å². The number of methoxy groups -OCH3 is 1. The summed E-state index contributed by atoms with van der Waals surface area (Å²) in [4.78, 5) is 13.0. The predicted octanol–water partition coefficient (Wildman–Crippen LogP) is 5.17. The summed E-state index contributed by atoms with van der Waals surface area (Å²) in [5.41, 5.74) is 1.18. The number of carbonyl (C=O) groups is 1. The standard InChI is InChI=1S/C21H22F3NO2/c1-3-7-17(11-10-16-8-5-4-6-9-16)25(20(26)21(22,23)24)18-12-14-19(27-2)15-13-18/h3-9,12-15,17H,10-11H2,1-2H3/b7-3+/t17-/m0/s1. The van der Waals surface area contributed by atoms with Crippen molar-refractivity contribution in [3.8, 4) is 5.75 Å². The Hall–Kier alpha value is -2.76. The molecule has 0 unspecified atom stereocenters. The third-order valence-corrected chi connectivity index (χ3v) is 4.13. The lowest BCUT2D eigenvalue weighted by molar-refractivity contribution is -0.170. The van der Waals surface area contributed by atoms with E-state index in [2.05, 4.69) is 0 Å². The van der Waals surface area contributed by atoms with Gasteiger partial charge in [0.25, 0.3) is 0 Å². The van der Waals surface area contributed by atoms with Crippen molar-refractivity contribution in [2.24, 2.45) is 0 Å². The number of halogens is 3. The minimum atomic E-state index is -4.97. The summed E-state index contributed by atoms with van der Waals surface area (Å²) in [6.07, 6.45) is -0.769. The van der Waals surface area contributed by atoms with E-state index in [0.29, 0.717) is 18.6 Å². The van der Waals surface area contributed by atoms with Gasteiger partial charge in [0.05, 0.1) is 13.2 Å². The van der Waals surface area contributed by atoms with Crippen molar-refractivity contribution in [1.82, 2.24) is 0 Å². The third-order valence-electron chi connectivity index (χ3n) is 4.13. The molecule has 0 N–H and O–H groups in total. The van der Waals surface area contributed by atoms with Crippen LogP contribution in [0.4, 0.5) is 18.9 Å². The summed E-state index contributed by atoms with van der Waals surface area (Å²) in [5, 5.41) is 0. The Balaban J connectivity index is 2.35. The number of anilines is 1. The fourth-order valence-corrected chi connectivity index (χ4v) is 2.83. The summed E-state index contributed by atoms with van der Waals surface area (Å²) < 4.78 is 44.8. The average Bonchev–Trinajstić information content (AvgIpc) is 2.67. The molecule has 0 bridgehead atoms. The average molecular weight is 377 g/mol. The van der Waals surface area contributed by atoms with Gasteiger partial charge in [-0.05, 0) is 49.6 Å². The fourth-order valence-electron chi connectivity index (χ4n) is 2.83. The number of nitrogens with zero attached hydrogens (tertiary/aromatic N) is 1. The highest BCUT2D eigenvalue weighted by atomic mass is 19.4. The molecule has 0 fully saturated rings. The Bertz CT molecular complexity index is 755. The highest BCUT2D eigenvalue weighted by molar-refractivity contribution is 5.98. The molecule has 6 heteroatoms. The summed E-state index contributed by atoms with van der Waals surface area (Å²) in [5.74, 6) is -1.38. The van der Waals surface area contributed by atoms with Gasteiger partial charge in [-0.15, -0.1) is 0 Å². The smallest absolute Gasteiger partial charge is 0.471 e. The van der Waals surface area contributed by atoms with Crippen LogP contribution in [0.15, 0.2) is 66.7 Å². The number of alkyl halides is 3. The second-order valence-electron chi connectivity index (χ2n) is 5.99. The van der Waals surface area contributed by atoms with Crippen molar-refractivity contribution in [1.29, 1.82) is 0 Å². The molecule has 0 heterocycles. The number of amides is 1. The predicted molar refractivity (Wildman–Crippen MR) is 99.9 cm³/mol. The van der Waals surface area contributed by atoms with Crippen LogP contribution in [0.2, 0.25) is 0 Å². The summed E-state index contributed by atoms with van der Waals surface area (Å²) in [7, 11) is 1.47. The van der Waals surface area contributed by atoms with Gasteiger partial charge in [-0.1, -0.05) is 42.5 Å². The number of allylic oxidation sites excluding steroid dienone is 1. The first-order valence-corrected chi connectivity index (χ1v) is 8.58. The van der Waals surface area contributed by atoms with Gasteiger partial charge < -0.3 is 4.74 Å². The van der Waals surface area contributed by atoms with Crippen molar-refractivity contribution in [3.05, 3.63) is 72.3 Å². The molecule has 2 rings (SSSR count). The Labute approximate surface area is 157 Å². The van der Waals surface area contributed by atoms with Gasteiger partial charge in [0.2, 0.25) is 0 Å². The maximum absolute atomic E-state index is 13.3. The van der Waals surface area contributed by atoms with Gasteiger partial charge in [0.15, 0.2) is 0 Å². The van der Waals surface area contributed by atoms with Gasteiger partial charge in [-0.3, -0.25) is 9.69 Å². The molecule has 0 aliphatic heterocycles. The molecule has 27 heavy (non-hydrogen) atoms. The maximum Gasteiger partial charge on any atom is 0.471 e. The van der Waals surface area contributed by atoms with Crippen molar-refractivity contribution in [3.63, 3.8) is 0 Å². The van der Waals surface area contributed by atoms with Gasteiger partial charge in [-0.25, -0.2) is 0 Å². The molecule has 2 aromatic carbocycles. The zero-order valence-electron chi connectivity index (χ0n) is 15.2. The molecule has 0 aromatic heterocycles. The zero-order valence-corrected chi connectivity index (χ0v) is 15.2. The van der Waals surface area contributed by atoms with Gasteiger partial charge in [-0.2, -0.15) is 13.2 Å². The Morgan fingerprint density at radius 3 is 2.26 bits per heavy atom. The molecular formula is C21H22F3NO2. The van der Waals surface area contributed by atoms with Gasteiger partial charge >= 0.3 is 12.1 Å². The number of aryl methyl sites for hydroxylation is 1. The van der Waals surface area contributed by atoms with Crippen LogP contribution < -0.4 is 9.64 Å². The molecule has 3 nitrogen and oxygen atoms in total. The van der Waals surface area contributed by atoms with Crippen molar-refractivity contribution in [2.75, 3.05) is 12.0 Å². The van der Waals surface area contributed by atoms with E-state index >= 15 is 0 Å². The molecule has 1 amide bonds. The van der Waals surface area contributed by atoms with E-state index in [1.807, 2.05) is 30.3 Å². The number of carbonyl (C=O) groups excluding carboxylic acids is 1. The van der Waals surface area contributed by atoms with Crippen LogP contribution in [0.5, 0.6) is 5.75 Å². The van der Waals surface area contributed by atoms with E-state index in [4.69, 9.17) is 4.74 Å². The largest absolute Gasteiger partial charge is 0.497 e. The summed E-state index contributed by atoms with van der Waals surface area (Å²) in [6.45, 7) is 1.72. The second kappa shape index (κ2) is 9.26. The minimum absolute atomic E-state index is 0.175. The van der Waals surface area contributed by atoms with Crippen molar-refractivity contribution >= 4 is 11.6 Å². The number of rotatable bonds is 7. The molecule has 0 saturated carbocycles. The van der Waals surface area contributed by atoms with Crippen LogP contribution >= 0.6 is 0 Å². The lowest BCUT2D eigenvalue weighted by atomic mass is 10.0. The lowest BCUT2D eigenvalue weighted by Crippen LogP contribution is -2.47. The van der Waals surface area contributed by atoms with E-state index in [9.17, 15) is 18.0 Å². The number of hydrogen-bond donors (Lipinski definition) is 0. The van der Waals surface area contributed by atoms with E-state index in [-0.39, 0.29) is 5.69 Å². The summed E-state index contributed by atoms with van der Waals surface area (Å²) in [6, 6.07) is 14.7. The maximum atomic E-state index is 13.3. The quantitative estimate of drug-likeness (QED) is 0.623. The van der Waals surface area contributed by atoms with Gasteiger partial charge in [0.1, 0.15) is 5.75 Å². The highest BCUT2D eigenvalue weighted by Gasteiger charge is 2.44. The molecule has 2 aromatic rings. The minimum Gasteiger partial charge on any atom is -0.497 e. The third kappa shape index (κ3) is 5.61. The highest BCUT2D eigenvalue weighted by Crippen LogP contribution is 2.29. The number of ether oxygens (including phenoxy) is 1. The van der Waals surface area contributed by atoms with Gasteiger partial charge in [0, 0.05) is 5.69 Å². The molecule has 0 radical (unpaired) electrons. The van der Waals surface area contributed by atoms with Crippen LogP contribution in [0.3, 0.4) is 0 Å². The molecule has 1 atom stereocenters. The molecule has 0 saturated heterocycles. The summed E-state index contributed by atoms with van der Waals surface area (Å²) >= 11 is 0. The lowest BCUT2D eigenvalue weighted by Gasteiger charge is -2.31. The molecular weight excluding hydrogens is 355 g/mol. The molecule has 0 aliphatic carbocycles. The molecule has 144 valence electrons. The SMILES string of the molecule is C/C=C/[C@@H](CCc1ccccc1)N(C(=O)C(F)(F)F)c1ccc(OC)cc1. The monoisotopic (exact) mass is 377 g/mol. The second-order valence-corrected chi connectivity index (χ2v) is 5.99. The molecule has 0 spiro atoms. The fraction of sp³-hybridized carbons (Fsp3) is 0.286. The first-order valence-electron chi connectivity index (χ1n) is 8.58. The van der Waals surface area contributed by atoms with E-state index < -0.39 is 18.1 Å². The normalized spacial score (nSPS) is 12.8. The first-order chi connectivity index (χ1) is 12.9. The first kappa shape index (κ1) is 20.6. The van der Waals surface area contributed by atoms with Crippen molar-refractivity contribution in [2.45, 2.75) is 32.0 Å². The van der Waals surface area contributed by atoms with E-state index in [1.165, 1.54) is 31.4 Å². The van der Waals surface area contributed by atoms with Crippen LogP contribution in [0.25, 0.3) is 0 Å². The molecule has 0 aliphatic rings. The Morgan fingerprint density at radius 1 is 1.11 bits per heavy atom. The number of hydrogen-bond acceptors (Lipinski definition) is 2. The number of benzene rings is 2. The zero-order chi connectivity index (χ0) is 19.9. The van der Waals surface area contributed by atoms with Crippen LogP contribution in [0, 0.1) is 0 Å².